The number of hydrogen-bond donors (Lipinski definition) is 4. The molecule has 2 aromatic heterocycles. The number of rotatable bonds is 12. The third-order valence-electron chi connectivity index (χ3n) is 9.68. The zero-order valence-corrected chi connectivity index (χ0v) is 29.4. The number of benzene rings is 2. The van der Waals surface area contributed by atoms with Crippen molar-refractivity contribution < 1.29 is 28.7 Å². The Morgan fingerprint density at radius 1 is 0.808 bits per heavy atom. The lowest BCUT2D eigenvalue weighted by Gasteiger charge is -2.27. The van der Waals surface area contributed by atoms with Gasteiger partial charge in [-0.3, -0.25) is 9.59 Å². The average Bonchev–Trinajstić information content (AvgIpc) is 3.99. The second-order valence-corrected chi connectivity index (χ2v) is 12.9. The standard InChI is InChI=1S/C38H44N8O6/c1-5-9-27(43-37(49)51-3)35(47)45-19-7-11-31(45)33-39-22-30(42-33)24-15-13-23(14-16-24)25-17-18-26-29(21-25)41-34(40-26)32-12-8-20-46(32)36(48)28(10-6-2)44-38(50)52-4/h5-6,13-18,21-22,27-28,31-32H,1-2,7-12,19-20H2,3-4H3,(H,39,42)(H,40,41)(H,43,49)(H,44,50)/t27-,28?,31-,32-/m0/s1. The van der Waals surface area contributed by atoms with Gasteiger partial charge in [0.25, 0.3) is 0 Å². The van der Waals surface area contributed by atoms with E-state index >= 15 is 0 Å². The number of aromatic nitrogens is 4. The largest absolute Gasteiger partial charge is 0.453 e. The predicted molar refractivity (Wildman–Crippen MR) is 195 cm³/mol. The molecule has 4 aromatic rings. The number of alkyl carbamates (subject to hydrolysis) is 2. The van der Waals surface area contributed by atoms with Gasteiger partial charge in [0.1, 0.15) is 23.7 Å². The number of carbonyl (C=O) groups is 4. The molecular weight excluding hydrogens is 664 g/mol. The van der Waals surface area contributed by atoms with Gasteiger partial charge in [0.15, 0.2) is 0 Å². The smallest absolute Gasteiger partial charge is 0.407 e. The summed E-state index contributed by atoms with van der Waals surface area (Å²) in [6, 6.07) is 12.2. The van der Waals surface area contributed by atoms with Gasteiger partial charge >= 0.3 is 12.2 Å². The lowest BCUT2D eigenvalue weighted by Crippen LogP contribution is -2.48. The van der Waals surface area contributed by atoms with Gasteiger partial charge in [-0.05, 0) is 67.3 Å². The van der Waals surface area contributed by atoms with Gasteiger partial charge in [0.05, 0.1) is 49.2 Å². The molecule has 52 heavy (non-hydrogen) atoms. The number of hydrogen-bond acceptors (Lipinski definition) is 8. The molecule has 4 amide bonds. The van der Waals surface area contributed by atoms with Gasteiger partial charge in [0.2, 0.25) is 11.8 Å². The summed E-state index contributed by atoms with van der Waals surface area (Å²) in [4.78, 5) is 70.5. The number of ether oxygens (including phenoxy) is 2. The van der Waals surface area contributed by atoms with Crippen molar-refractivity contribution >= 4 is 35.0 Å². The molecule has 1 unspecified atom stereocenters. The molecular formula is C38H44N8O6. The fraction of sp³-hybridized carbons (Fsp3) is 0.368. The molecule has 4 heterocycles. The van der Waals surface area contributed by atoms with Gasteiger partial charge < -0.3 is 39.9 Å². The van der Waals surface area contributed by atoms with Crippen LogP contribution in [0.25, 0.3) is 33.4 Å². The Hall–Kier alpha value is -5.92. The lowest BCUT2D eigenvalue weighted by molar-refractivity contribution is -0.135. The maximum atomic E-state index is 13.5. The third-order valence-corrected chi connectivity index (χ3v) is 9.68. The molecule has 4 atom stereocenters. The van der Waals surface area contributed by atoms with Crippen LogP contribution in [0.15, 0.2) is 74.0 Å². The quantitative estimate of drug-likeness (QED) is 0.139. The van der Waals surface area contributed by atoms with Crippen LogP contribution in [0.4, 0.5) is 9.59 Å². The molecule has 2 aliphatic heterocycles. The number of nitrogens with one attached hydrogen (secondary N) is 4. The van der Waals surface area contributed by atoms with Crippen molar-refractivity contribution in [1.29, 1.82) is 0 Å². The van der Waals surface area contributed by atoms with Crippen LogP contribution < -0.4 is 10.6 Å². The van der Waals surface area contributed by atoms with Crippen molar-refractivity contribution in [2.45, 2.75) is 62.7 Å². The van der Waals surface area contributed by atoms with Crippen molar-refractivity contribution in [3.8, 4) is 22.4 Å². The highest BCUT2D eigenvalue weighted by Crippen LogP contribution is 2.35. The number of carbonyl (C=O) groups excluding carboxylic acids is 4. The van der Waals surface area contributed by atoms with Crippen LogP contribution in [0.2, 0.25) is 0 Å². The van der Waals surface area contributed by atoms with Crippen molar-refractivity contribution in [2.24, 2.45) is 0 Å². The molecule has 6 rings (SSSR count). The van der Waals surface area contributed by atoms with Gasteiger partial charge in [-0.15, -0.1) is 13.2 Å². The summed E-state index contributed by atoms with van der Waals surface area (Å²) in [6.45, 7) is 8.58. The van der Waals surface area contributed by atoms with Crippen molar-refractivity contribution in [3.05, 3.63) is 85.6 Å². The molecule has 2 aliphatic rings. The van der Waals surface area contributed by atoms with E-state index in [1.54, 1.807) is 28.1 Å². The first kappa shape index (κ1) is 35.9. The van der Waals surface area contributed by atoms with Crippen LogP contribution in [0.5, 0.6) is 0 Å². The van der Waals surface area contributed by atoms with Crippen LogP contribution in [0, 0.1) is 0 Å². The second kappa shape index (κ2) is 16.0. The van der Waals surface area contributed by atoms with Gasteiger partial charge in [-0.1, -0.05) is 42.5 Å². The first-order valence-corrected chi connectivity index (χ1v) is 17.4. The number of fused-ring (bicyclic) bond motifs is 1. The number of imidazole rings is 2. The molecule has 0 spiro atoms. The highest BCUT2D eigenvalue weighted by molar-refractivity contribution is 5.87. The zero-order chi connectivity index (χ0) is 36.8. The molecule has 272 valence electrons. The van der Waals surface area contributed by atoms with E-state index < -0.39 is 24.3 Å². The van der Waals surface area contributed by atoms with Crippen LogP contribution in [-0.4, -0.2) is 93.1 Å². The number of likely N-dealkylation sites (tertiary alicyclic amines) is 2. The number of methoxy groups -OCH3 is 2. The summed E-state index contributed by atoms with van der Waals surface area (Å²) in [5.41, 5.74) is 5.45. The summed E-state index contributed by atoms with van der Waals surface area (Å²) in [5.74, 6) is 1.00. The molecule has 0 saturated carbocycles. The van der Waals surface area contributed by atoms with E-state index in [1.807, 2.05) is 36.4 Å². The van der Waals surface area contributed by atoms with E-state index in [4.69, 9.17) is 14.5 Å². The van der Waals surface area contributed by atoms with Crippen LogP contribution in [-0.2, 0) is 19.1 Å². The zero-order valence-electron chi connectivity index (χ0n) is 29.4. The van der Waals surface area contributed by atoms with E-state index in [9.17, 15) is 19.2 Å². The Kier molecular flexibility index (Phi) is 11.0. The highest BCUT2D eigenvalue weighted by atomic mass is 16.5. The Morgan fingerprint density at radius 3 is 1.90 bits per heavy atom. The topological polar surface area (TPSA) is 175 Å². The molecule has 4 N–H and O–H groups in total. The molecule has 2 saturated heterocycles. The van der Waals surface area contributed by atoms with Crippen LogP contribution in [0.3, 0.4) is 0 Å². The van der Waals surface area contributed by atoms with Gasteiger partial charge in [-0.2, -0.15) is 0 Å². The Balaban J connectivity index is 1.15. The summed E-state index contributed by atoms with van der Waals surface area (Å²) < 4.78 is 9.43. The van der Waals surface area contributed by atoms with Crippen molar-refractivity contribution in [1.82, 2.24) is 40.4 Å². The van der Waals surface area contributed by atoms with Crippen LogP contribution >= 0.6 is 0 Å². The van der Waals surface area contributed by atoms with Gasteiger partial charge in [-0.25, -0.2) is 19.6 Å². The van der Waals surface area contributed by atoms with E-state index in [-0.39, 0.29) is 36.7 Å². The summed E-state index contributed by atoms with van der Waals surface area (Å²) in [6.07, 6.45) is 7.39. The molecule has 0 bridgehead atoms. The van der Waals surface area contributed by atoms with E-state index in [0.29, 0.717) is 24.7 Å². The number of aromatic amines is 2. The predicted octanol–water partition coefficient (Wildman–Crippen LogP) is 5.55. The first-order chi connectivity index (χ1) is 25.2. The molecule has 14 heteroatoms. The Bertz CT molecular complexity index is 1950. The summed E-state index contributed by atoms with van der Waals surface area (Å²) >= 11 is 0. The van der Waals surface area contributed by atoms with E-state index in [0.717, 1.165) is 59.1 Å². The number of nitrogens with zero attached hydrogens (tertiary/aromatic N) is 4. The normalized spacial score (nSPS) is 18.1. The van der Waals surface area contributed by atoms with Crippen molar-refractivity contribution in [3.63, 3.8) is 0 Å². The van der Waals surface area contributed by atoms with Gasteiger partial charge in [0, 0.05) is 13.1 Å². The maximum Gasteiger partial charge on any atom is 0.407 e. The monoisotopic (exact) mass is 708 g/mol. The summed E-state index contributed by atoms with van der Waals surface area (Å²) in [7, 11) is 2.53. The summed E-state index contributed by atoms with van der Waals surface area (Å²) in [5, 5.41) is 5.24. The number of H-pyrrole nitrogens is 2. The minimum absolute atomic E-state index is 0.197. The minimum atomic E-state index is -0.767. The third kappa shape index (κ3) is 7.55. The first-order valence-electron chi connectivity index (χ1n) is 17.4. The molecule has 0 aliphatic carbocycles. The fourth-order valence-electron chi connectivity index (χ4n) is 7.07. The minimum Gasteiger partial charge on any atom is -0.453 e. The average molecular weight is 709 g/mol. The Labute approximate surface area is 301 Å². The maximum absolute atomic E-state index is 13.5. The highest BCUT2D eigenvalue weighted by Gasteiger charge is 2.37. The van der Waals surface area contributed by atoms with Crippen LogP contribution in [0.1, 0.15) is 62.3 Å². The van der Waals surface area contributed by atoms with E-state index in [1.165, 1.54) is 14.2 Å². The lowest BCUT2D eigenvalue weighted by atomic mass is 10.0. The molecule has 14 nitrogen and oxygen atoms in total. The fourth-order valence-corrected chi connectivity index (χ4v) is 7.07. The second-order valence-electron chi connectivity index (χ2n) is 12.9. The molecule has 2 aromatic carbocycles. The SMILES string of the molecule is C=CCC(NC(=O)OC)C(=O)N1CCC[C@H]1c1nc2ccc(-c3ccc(-c4cnc([C@@H]5CCCN5C(=O)[C@H](CC=C)NC(=O)OC)[nH]4)cc3)cc2[nH]1. The number of amides is 4. The van der Waals surface area contributed by atoms with E-state index in [2.05, 4.69) is 44.8 Å². The Morgan fingerprint density at radius 2 is 1.35 bits per heavy atom. The molecule has 2 fully saturated rings. The van der Waals surface area contributed by atoms with Crippen molar-refractivity contribution in [2.75, 3.05) is 27.3 Å². The molecule has 0 radical (unpaired) electrons.